The molecule has 0 radical (unpaired) electrons. The van der Waals surface area contributed by atoms with Gasteiger partial charge in [0.2, 0.25) is 5.91 Å². The molecule has 2 N–H and O–H groups in total. The lowest BCUT2D eigenvalue weighted by Crippen LogP contribution is -2.14. The summed E-state index contributed by atoms with van der Waals surface area (Å²) in [5, 5.41) is 5.23. The van der Waals surface area contributed by atoms with E-state index in [9.17, 15) is 9.59 Å². The number of nitrogens with one attached hydrogen (secondary N) is 2. The average molecular weight is 255 g/mol. The van der Waals surface area contributed by atoms with E-state index < -0.39 is 0 Å². The Morgan fingerprint density at radius 3 is 2.16 bits per heavy atom. The summed E-state index contributed by atoms with van der Waals surface area (Å²) in [4.78, 5) is 27.0. The normalized spacial score (nSPS) is 9.74. The first-order valence-corrected chi connectivity index (χ1v) is 5.76. The maximum atomic E-state index is 11.9. The lowest BCUT2D eigenvalue weighted by atomic mass is 10.2. The van der Waals surface area contributed by atoms with Crippen molar-refractivity contribution in [1.82, 2.24) is 4.98 Å². The highest BCUT2D eigenvalue weighted by Crippen LogP contribution is 2.10. The van der Waals surface area contributed by atoms with Crippen LogP contribution in [0.1, 0.15) is 17.3 Å². The highest BCUT2D eigenvalue weighted by molar-refractivity contribution is 6.03. The Balaban J connectivity index is 2.11. The lowest BCUT2D eigenvalue weighted by molar-refractivity contribution is -0.114. The Hall–Kier alpha value is -2.69. The van der Waals surface area contributed by atoms with E-state index in [-0.39, 0.29) is 11.8 Å². The van der Waals surface area contributed by atoms with E-state index in [2.05, 4.69) is 15.6 Å². The van der Waals surface area contributed by atoms with Gasteiger partial charge in [0.1, 0.15) is 11.6 Å². The number of carbonyl (C=O) groups is 2. The van der Waals surface area contributed by atoms with E-state index in [1.807, 2.05) is 6.07 Å². The van der Waals surface area contributed by atoms with Crippen LogP contribution in [0.4, 0.5) is 11.6 Å². The molecule has 0 saturated heterocycles. The fraction of sp³-hybridized carbons (Fsp3) is 0.0714. The topological polar surface area (TPSA) is 71.1 Å². The molecule has 0 spiro atoms. The molecular weight excluding hydrogens is 242 g/mol. The minimum absolute atomic E-state index is 0.209. The second-order valence-corrected chi connectivity index (χ2v) is 3.91. The van der Waals surface area contributed by atoms with Crippen molar-refractivity contribution in [3.8, 4) is 0 Å². The molecule has 0 atom stereocenters. The van der Waals surface area contributed by atoms with Crippen LogP contribution in [0.15, 0.2) is 48.5 Å². The largest absolute Gasteiger partial charge is 0.311 e. The summed E-state index contributed by atoms with van der Waals surface area (Å²) in [5.74, 6) is 0.338. The SMILES string of the molecule is CC(=O)Nc1cccc(NC(=O)c2ccccc2)n1. The molecule has 2 aromatic rings. The molecule has 2 rings (SSSR count). The van der Waals surface area contributed by atoms with Crippen molar-refractivity contribution in [2.75, 3.05) is 10.6 Å². The number of pyridine rings is 1. The van der Waals surface area contributed by atoms with Gasteiger partial charge in [0.15, 0.2) is 0 Å². The standard InChI is InChI=1S/C14H13N3O2/c1-10(18)15-12-8-5-9-13(16-12)17-14(19)11-6-3-2-4-7-11/h2-9H,1H3,(H2,15,16,17,18,19). The fourth-order valence-electron chi connectivity index (χ4n) is 1.53. The molecule has 0 saturated carbocycles. The Morgan fingerprint density at radius 1 is 0.895 bits per heavy atom. The smallest absolute Gasteiger partial charge is 0.256 e. The number of nitrogens with zero attached hydrogens (tertiary/aromatic N) is 1. The lowest BCUT2D eigenvalue weighted by Gasteiger charge is -2.06. The summed E-state index contributed by atoms with van der Waals surface area (Å²) in [6.45, 7) is 1.40. The van der Waals surface area contributed by atoms with Crippen molar-refractivity contribution in [2.45, 2.75) is 6.92 Å². The van der Waals surface area contributed by atoms with E-state index in [4.69, 9.17) is 0 Å². The van der Waals surface area contributed by atoms with E-state index in [0.717, 1.165) is 0 Å². The van der Waals surface area contributed by atoms with Gasteiger partial charge in [-0.25, -0.2) is 4.98 Å². The Morgan fingerprint density at radius 2 is 1.53 bits per heavy atom. The van der Waals surface area contributed by atoms with Crippen LogP contribution in [0.3, 0.4) is 0 Å². The molecule has 1 aromatic heterocycles. The van der Waals surface area contributed by atoms with Gasteiger partial charge >= 0.3 is 0 Å². The Kier molecular flexibility index (Phi) is 3.87. The van der Waals surface area contributed by atoms with Crippen LogP contribution < -0.4 is 10.6 Å². The van der Waals surface area contributed by atoms with E-state index in [0.29, 0.717) is 17.2 Å². The molecule has 0 fully saturated rings. The van der Waals surface area contributed by atoms with Crippen LogP contribution in [-0.4, -0.2) is 16.8 Å². The molecule has 1 heterocycles. The van der Waals surface area contributed by atoms with Crippen molar-refractivity contribution in [3.05, 3.63) is 54.1 Å². The third-order valence-corrected chi connectivity index (χ3v) is 2.33. The summed E-state index contributed by atoms with van der Waals surface area (Å²) < 4.78 is 0. The van der Waals surface area contributed by atoms with Gasteiger partial charge in [-0.2, -0.15) is 0 Å². The molecule has 0 aliphatic carbocycles. The average Bonchev–Trinajstić information content (AvgIpc) is 2.39. The zero-order chi connectivity index (χ0) is 13.7. The van der Waals surface area contributed by atoms with Crippen LogP contribution in [0.25, 0.3) is 0 Å². The van der Waals surface area contributed by atoms with Crippen molar-refractivity contribution < 1.29 is 9.59 Å². The van der Waals surface area contributed by atoms with Gasteiger partial charge in [0.25, 0.3) is 5.91 Å². The number of hydrogen-bond acceptors (Lipinski definition) is 3. The Labute approximate surface area is 110 Å². The van der Waals surface area contributed by atoms with Crippen molar-refractivity contribution in [3.63, 3.8) is 0 Å². The number of benzene rings is 1. The van der Waals surface area contributed by atoms with Crippen LogP contribution in [0.2, 0.25) is 0 Å². The number of carbonyl (C=O) groups excluding carboxylic acids is 2. The fourth-order valence-corrected chi connectivity index (χ4v) is 1.53. The molecule has 19 heavy (non-hydrogen) atoms. The van der Waals surface area contributed by atoms with Crippen molar-refractivity contribution >= 4 is 23.5 Å². The molecule has 2 amide bonds. The quantitative estimate of drug-likeness (QED) is 0.884. The van der Waals surface area contributed by atoms with Crippen LogP contribution in [0.5, 0.6) is 0 Å². The summed E-state index contributed by atoms with van der Waals surface area (Å²) >= 11 is 0. The van der Waals surface area contributed by atoms with Crippen LogP contribution in [0, 0.1) is 0 Å². The maximum Gasteiger partial charge on any atom is 0.256 e. The van der Waals surface area contributed by atoms with E-state index >= 15 is 0 Å². The number of amides is 2. The first-order valence-electron chi connectivity index (χ1n) is 5.76. The van der Waals surface area contributed by atoms with Crippen LogP contribution in [-0.2, 0) is 4.79 Å². The number of hydrogen-bond donors (Lipinski definition) is 2. The minimum atomic E-state index is -0.243. The highest BCUT2D eigenvalue weighted by atomic mass is 16.2. The molecule has 1 aromatic carbocycles. The molecule has 0 aliphatic rings. The summed E-state index contributed by atoms with van der Waals surface area (Å²) in [5.41, 5.74) is 0.550. The molecule has 5 nitrogen and oxygen atoms in total. The van der Waals surface area contributed by atoms with Gasteiger partial charge < -0.3 is 10.6 Å². The second-order valence-electron chi connectivity index (χ2n) is 3.91. The van der Waals surface area contributed by atoms with E-state index in [1.54, 1.807) is 42.5 Å². The maximum absolute atomic E-state index is 11.9. The van der Waals surface area contributed by atoms with Gasteiger partial charge in [0, 0.05) is 12.5 Å². The third-order valence-electron chi connectivity index (χ3n) is 2.33. The number of aromatic nitrogens is 1. The first kappa shape index (κ1) is 12.8. The summed E-state index contributed by atoms with van der Waals surface area (Å²) in [6.07, 6.45) is 0. The zero-order valence-corrected chi connectivity index (χ0v) is 10.4. The number of anilines is 2. The molecule has 0 bridgehead atoms. The molecule has 5 heteroatoms. The van der Waals surface area contributed by atoms with Crippen LogP contribution >= 0.6 is 0 Å². The van der Waals surface area contributed by atoms with Gasteiger partial charge in [-0.15, -0.1) is 0 Å². The van der Waals surface area contributed by atoms with Gasteiger partial charge in [-0.3, -0.25) is 9.59 Å². The summed E-state index contributed by atoms with van der Waals surface area (Å²) in [6, 6.07) is 13.9. The number of rotatable bonds is 3. The van der Waals surface area contributed by atoms with Crippen molar-refractivity contribution in [1.29, 1.82) is 0 Å². The van der Waals surface area contributed by atoms with Crippen molar-refractivity contribution in [2.24, 2.45) is 0 Å². The second kappa shape index (κ2) is 5.77. The van der Waals surface area contributed by atoms with Gasteiger partial charge in [0.05, 0.1) is 0 Å². The predicted octanol–water partition coefficient (Wildman–Crippen LogP) is 2.29. The van der Waals surface area contributed by atoms with Gasteiger partial charge in [-0.1, -0.05) is 24.3 Å². The first-order chi connectivity index (χ1) is 9.15. The Bertz CT molecular complexity index is 597. The third kappa shape index (κ3) is 3.64. The minimum Gasteiger partial charge on any atom is -0.311 e. The zero-order valence-electron chi connectivity index (χ0n) is 10.4. The molecule has 0 unspecified atom stereocenters. The van der Waals surface area contributed by atoms with E-state index in [1.165, 1.54) is 6.92 Å². The van der Waals surface area contributed by atoms with Gasteiger partial charge in [-0.05, 0) is 24.3 Å². The monoisotopic (exact) mass is 255 g/mol. The molecular formula is C14H13N3O2. The summed E-state index contributed by atoms with van der Waals surface area (Å²) in [7, 11) is 0. The highest BCUT2D eigenvalue weighted by Gasteiger charge is 2.06. The molecule has 0 aliphatic heterocycles. The molecule has 96 valence electrons. The predicted molar refractivity (Wildman–Crippen MR) is 72.9 cm³/mol.